The molecule has 0 spiro atoms. The molecule has 1 atom stereocenters. The zero-order valence-electron chi connectivity index (χ0n) is 11.1. The van der Waals surface area contributed by atoms with E-state index in [4.69, 9.17) is 16.3 Å². The first-order valence-electron chi connectivity index (χ1n) is 6.19. The fourth-order valence-corrected chi connectivity index (χ4v) is 3.02. The van der Waals surface area contributed by atoms with Crippen molar-refractivity contribution in [3.05, 3.63) is 34.2 Å². The molecule has 1 amide bonds. The number of benzene rings is 1. The van der Waals surface area contributed by atoms with E-state index in [9.17, 15) is 9.90 Å². The first-order chi connectivity index (χ1) is 9.60. The topological polar surface area (TPSA) is 58.6 Å². The van der Waals surface area contributed by atoms with E-state index < -0.39 is 6.10 Å². The van der Waals surface area contributed by atoms with Crippen LogP contribution in [0.4, 0.5) is 0 Å². The van der Waals surface area contributed by atoms with Crippen LogP contribution in [0.5, 0.6) is 0 Å². The van der Waals surface area contributed by atoms with E-state index in [1.807, 2.05) is 23.6 Å². The van der Waals surface area contributed by atoms with Crippen molar-refractivity contribution in [2.75, 3.05) is 20.3 Å². The second-order valence-corrected chi connectivity index (χ2v) is 5.84. The average Bonchev–Trinajstić information content (AvgIpc) is 2.79. The van der Waals surface area contributed by atoms with Crippen molar-refractivity contribution < 1.29 is 14.6 Å². The Morgan fingerprint density at radius 1 is 1.55 bits per heavy atom. The van der Waals surface area contributed by atoms with Crippen molar-refractivity contribution in [1.29, 1.82) is 0 Å². The molecular formula is C14H16ClNO3S. The van der Waals surface area contributed by atoms with Gasteiger partial charge in [0.2, 0.25) is 5.91 Å². The minimum absolute atomic E-state index is 0.125. The molecule has 2 aromatic rings. The van der Waals surface area contributed by atoms with Gasteiger partial charge in [0, 0.05) is 23.4 Å². The highest BCUT2D eigenvalue weighted by Crippen LogP contribution is 2.28. The minimum atomic E-state index is -0.683. The molecule has 2 N–H and O–H groups in total. The van der Waals surface area contributed by atoms with Crippen molar-refractivity contribution >= 4 is 38.9 Å². The standard InChI is InChI=1S/C14H16ClNO3S/c1-19-7-11(17)6-16-14(18)4-9-8-20-13-3-2-10(15)5-12(9)13/h2-3,5,8,11,17H,4,6-7H2,1H3,(H,16,18). The molecule has 20 heavy (non-hydrogen) atoms. The molecule has 1 aromatic heterocycles. The Labute approximate surface area is 126 Å². The lowest BCUT2D eigenvalue weighted by Gasteiger charge is -2.10. The number of carbonyl (C=O) groups is 1. The van der Waals surface area contributed by atoms with Gasteiger partial charge in [-0.2, -0.15) is 0 Å². The number of ether oxygens (including phenoxy) is 1. The van der Waals surface area contributed by atoms with Crippen molar-refractivity contribution in [3.8, 4) is 0 Å². The molecule has 2 rings (SSSR count). The Kier molecular flexibility index (Phi) is 5.37. The molecule has 1 heterocycles. The van der Waals surface area contributed by atoms with Crippen molar-refractivity contribution in [1.82, 2.24) is 5.32 Å². The summed E-state index contributed by atoms with van der Waals surface area (Å²) < 4.78 is 5.91. The first kappa shape index (κ1) is 15.3. The molecule has 0 saturated carbocycles. The van der Waals surface area contributed by atoms with Gasteiger partial charge in [-0.3, -0.25) is 4.79 Å². The number of rotatable bonds is 6. The molecule has 0 radical (unpaired) electrons. The van der Waals surface area contributed by atoms with Crippen LogP contribution < -0.4 is 5.32 Å². The fraction of sp³-hybridized carbons (Fsp3) is 0.357. The minimum Gasteiger partial charge on any atom is -0.389 e. The zero-order chi connectivity index (χ0) is 14.5. The highest BCUT2D eigenvalue weighted by atomic mass is 35.5. The van der Waals surface area contributed by atoms with Crippen LogP contribution in [0.3, 0.4) is 0 Å². The number of hydrogen-bond acceptors (Lipinski definition) is 4. The number of thiophene rings is 1. The van der Waals surface area contributed by atoms with Crippen LogP contribution in [-0.2, 0) is 16.0 Å². The lowest BCUT2D eigenvalue weighted by atomic mass is 10.1. The van der Waals surface area contributed by atoms with Gasteiger partial charge >= 0.3 is 0 Å². The van der Waals surface area contributed by atoms with Gasteiger partial charge in [0.15, 0.2) is 0 Å². The maximum absolute atomic E-state index is 11.9. The summed E-state index contributed by atoms with van der Waals surface area (Å²) in [6, 6.07) is 5.66. The Bertz CT molecular complexity index is 599. The molecule has 0 aliphatic rings. The molecule has 0 fully saturated rings. The number of halogens is 1. The number of fused-ring (bicyclic) bond motifs is 1. The lowest BCUT2D eigenvalue weighted by Crippen LogP contribution is -2.35. The predicted molar refractivity (Wildman–Crippen MR) is 81.4 cm³/mol. The summed E-state index contributed by atoms with van der Waals surface area (Å²) in [7, 11) is 1.51. The van der Waals surface area contributed by atoms with Gasteiger partial charge in [-0.15, -0.1) is 11.3 Å². The third-order valence-electron chi connectivity index (χ3n) is 2.86. The van der Waals surface area contributed by atoms with Crippen LogP contribution >= 0.6 is 22.9 Å². The fourth-order valence-electron chi connectivity index (χ4n) is 1.91. The Hall–Kier alpha value is -1.14. The van der Waals surface area contributed by atoms with E-state index in [-0.39, 0.29) is 25.5 Å². The number of carbonyl (C=O) groups excluding carboxylic acids is 1. The van der Waals surface area contributed by atoms with Crippen LogP contribution in [0.2, 0.25) is 5.02 Å². The van der Waals surface area contributed by atoms with E-state index in [0.717, 1.165) is 15.6 Å². The van der Waals surface area contributed by atoms with Gasteiger partial charge in [0.1, 0.15) is 0 Å². The maximum atomic E-state index is 11.9. The van der Waals surface area contributed by atoms with Gasteiger partial charge in [-0.25, -0.2) is 0 Å². The highest BCUT2D eigenvalue weighted by molar-refractivity contribution is 7.17. The SMILES string of the molecule is COCC(O)CNC(=O)Cc1csc2ccc(Cl)cc12. The smallest absolute Gasteiger partial charge is 0.224 e. The molecule has 1 unspecified atom stereocenters. The van der Waals surface area contributed by atoms with Gasteiger partial charge in [0.05, 0.1) is 19.1 Å². The summed E-state index contributed by atoms with van der Waals surface area (Å²) in [4.78, 5) is 11.9. The monoisotopic (exact) mass is 313 g/mol. The quantitative estimate of drug-likeness (QED) is 0.859. The molecule has 4 nitrogen and oxygen atoms in total. The molecule has 6 heteroatoms. The first-order valence-corrected chi connectivity index (χ1v) is 7.45. The van der Waals surface area contributed by atoms with E-state index >= 15 is 0 Å². The lowest BCUT2D eigenvalue weighted by molar-refractivity contribution is -0.121. The molecule has 0 aliphatic carbocycles. The van der Waals surface area contributed by atoms with Crippen LogP contribution in [0.1, 0.15) is 5.56 Å². The van der Waals surface area contributed by atoms with Gasteiger partial charge in [0.25, 0.3) is 0 Å². The number of aliphatic hydroxyl groups is 1. The van der Waals surface area contributed by atoms with Crippen molar-refractivity contribution in [2.24, 2.45) is 0 Å². The Morgan fingerprint density at radius 2 is 2.35 bits per heavy atom. The summed E-state index contributed by atoms with van der Waals surface area (Å²) >= 11 is 7.57. The number of methoxy groups -OCH3 is 1. The number of nitrogens with one attached hydrogen (secondary N) is 1. The third-order valence-corrected chi connectivity index (χ3v) is 4.11. The molecule has 108 valence electrons. The summed E-state index contributed by atoms with van der Waals surface area (Å²) in [5.41, 5.74) is 0.950. The summed E-state index contributed by atoms with van der Waals surface area (Å²) in [6.07, 6.45) is -0.405. The van der Waals surface area contributed by atoms with Gasteiger partial charge in [-0.1, -0.05) is 11.6 Å². The van der Waals surface area contributed by atoms with Crippen molar-refractivity contribution in [2.45, 2.75) is 12.5 Å². The average molecular weight is 314 g/mol. The van der Waals surface area contributed by atoms with Gasteiger partial charge < -0.3 is 15.2 Å². The second-order valence-electron chi connectivity index (χ2n) is 4.49. The predicted octanol–water partition coefficient (Wildman–Crippen LogP) is 2.22. The van der Waals surface area contributed by atoms with Crippen LogP contribution in [0, 0.1) is 0 Å². The summed E-state index contributed by atoms with van der Waals surface area (Å²) in [5, 5.41) is 15.8. The molecule has 1 aromatic carbocycles. The number of amides is 1. The third kappa shape index (κ3) is 3.93. The van der Waals surface area contributed by atoms with Crippen LogP contribution in [-0.4, -0.2) is 37.4 Å². The van der Waals surface area contributed by atoms with Crippen LogP contribution in [0.15, 0.2) is 23.6 Å². The molecule has 0 aliphatic heterocycles. The number of hydrogen-bond donors (Lipinski definition) is 2. The highest BCUT2D eigenvalue weighted by Gasteiger charge is 2.11. The molecule has 0 bridgehead atoms. The van der Waals surface area contributed by atoms with E-state index in [2.05, 4.69) is 5.32 Å². The zero-order valence-corrected chi connectivity index (χ0v) is 12.6. The van der Waals surface area contributed by atoms with E-state index in [1.165, 1.54) is 7.11 Å². The second kappa shape index (κ2) is 7.04. The Balaban J connectivity index is 1.98. The Morgan fingerprint density at radius 3 is 3.10 bits per heavy atom. The van der Waals surface area contributed by atoms with Gasteiger partial charge in [-0.05, 0) is 34.5 Å². The number of aliphatic hydroxyl groups excluding tert-OH is 1. The van der Waals surface area contributed by atoms with Crippen molar-refractivity contribution in [3.63, 3.8) is 0 Å². The molecule has 0 saturated heterocycles. The summed E-state index contributed by atoms with van der Waals surface area (Å²) in [5.74, 6) is -0.125. The normalized spacial score (nSPS) is 12.6. The van der Waals surface area contributed by atoms with E-state index in [0.29, 0.717) is 5.02 Å². The molecular weight excluding hydrogens is 298 g/mol. The maximum Gasteiger partial charge on any atom is 0.224 e. The van der Waals surface area contributed by atoms with Crippen LogP contribution in [0.25, 0.3) is 10.1 Å². The van der Waals surface area contributed by atoms with E-state index in [1.54, 1.807) is 11.3 Å². The largest absolute Gasteiger partial charge is 0.389 e. The summed E-state index contributed by atoms with van der Waals surface area (Å²) in [6.45, 7) is 0.396.